The van der Waals surface area contributed by atoms with Crippen molar-refractivity contribution < 1.29 is 4.79 Å². The van der Waals surface area contributed by atoms with E-state index in [2.05, 4.69) is 19.2 Å². The van der Waals surface area contributed by atoms with Gasteiger partial charge in [0, 0.05) is 13.1 Å². The van der Waals surface area contributed by atoms with Crippen molar-refractivity contribution >= 4 is 5.91 Å². The number of carbonyl (C=O) groups is 1. The molecular formula is C14H26N2O. The highest BCUT2D eigenvalue weighted by Gasteiger charge is 2.30. The Morgan fingerprint density at radius 1 is 1.35 bits per heavy atom. The van der Waals surface area contributed by atoms with Crippen molar-refractivity contribution in [3.8, 4) is 0 Å². The molecule has 1 aliphatic carbocycles. The van der Waals surface area contributed by atoms with Crippen LogP contribution >= 0.6 is 0 Å². The predicted molar refractivity (Wildman–Crippen MR) is 69.8 cm³/mol. The molecule has 0 bridgehead atoms. The lowest BCUT2D eigenvalue weighted by molar-refractivity contribution is -0.132. The zero-order valence-electron chi connectivity index (χ0n) is 11.3. The Morgan fingerprint density at radius 2 is 2.00 bits per heavy atom. The fourth-order valence-electron chi connectivity index (χ4n) is 2.47. The summed E-state index contributed by atoms with van der Waals surface area (Å²) in [5.41, 5.74) is 0.470. The number of likely N-dealkylation sites (tertiary alicyclic amines) is 1. The second kappa shape index (κ2) is 5.38. The van der Waals surface area contributed by atoms with Crippen LogP contribution in [0, 0.1) is 11.3 Å². The summed E-state index contributed by atoms with van der Waals surface area (Å²) in [5, 5.41) is 3.29. The lowest BCUT2D eigenvalue weighted by Crippen LogP contribution is -2.45. The van der Waals surface area contributed by atoms with Crippen LogP contribution in [0.4, 0.5) is 0 Å². The molecule has 2 rings (SSSR count). The first-order valence-electron chi connectivity index (χ1n) is 7.11. The van der Waals surface area contributed by atoms with E-state index < -0.39 is 0 Å². The average molecular weight is 238 g/mol. The van der Waals surface area contributed by atoms with Crippen LogP contribution in [0.15, 0.2) is 0 Å². The molecule has 1 saturated carbocycles. The van der Waals surface area contributed by atoms with Crippen LogP contribution in [0.5, 0.6) is 0 Å². The molecule has 1 heterocycles. The number of nitrogens with zero attached hydrogens (tertiary/aromatic N) is 1. The largest absolute Gasteiger partial charge is 0.342 e. The van der Waals surface area contributed by atoms with Crippen molar-refractivity contribution in [2.24, 2.45) is 11.3 Å². The number of amides is 1. The Morgan fingerprint density at radius 3 is 2.53 bits per heavy atom. The molecule has 0 aromatic rings. The van der Waals surface area contributed by atoms with E-state index in [1.54, 1.807) is 0 Å². The molecule has 2 fully saturated rings. The Kier molecular flexibility index (Phi) is 4.08. The molecule has 0 atom stereocenters. The summed E-state index contributed by atoms with van der Waals surface area (Å²) in [4.78, 5) is 14.0. The summed E-state index contributed by atoms with van der Waals surface area (Å²) in [6, 6.07) is 0. The van der Waals surface area contributed by atoms with Crippen molar-refractivity contribution in [1.82, 2.24) is 10.2 Å². The second-order valence-corrected chi connectivity index (χ2v) is 6.12. The molecule has 0 unspecified atom stereocenters. The lowest BCUT2D eigenvalue weighted by Gasteiger charge is -2.39. The third kappa shape index (κ3) is 3.70. The fourth-order valence-corrected chi connectivity index (χ4v) is 2.47. The summed E-state index contributed by atoms with van der Waals surface area (Å²) in [5.74, 6) is 1.15. The Balaban J connectivity index is 1.66. The van der Waals surface area contributed by atoms with Crippen molar-refractivity contribution in [3.63, 3.8) is 0 Å². The highest BCUT2D eigenvalue weighted by molar-refractivity contribution is 5.78. The first-order valence-corrected chi connectivity index (χ1v) is 7.11. The zero-order valence-corrected chi connectivity index (χ0v) is 11.3. The van der Waals surface area contributed by atoms with Crippen molar-refractivity contribution in [2.75, 3.05) is 26.2 Å². The Bertz CT molecular complexity index is 265. The molecule has 98 valence electrons. The number of rotatable bonds is 5. The number of hydrogen-bond donors (Lipinski definition) is 1. The molecule has 0 aromatic carbocycles. The fraction of sp³-hybridized carbons (Fsp3) is 0.929. The average Bonchev–Trinajstić information content (AvgIpc) is 3.14. The molecule has 1 aliphatic heterocycles. The van der Waals surface area contributed by atoms with Gasteiger partial charge in [-0.15, -0.1) is 0 Å². The Labute approximate surface area is 105 Å². The van der Waals surface area contributed by atoms with E-state index in [9.17, 15) is 4.79 Å². The van der Waals surface area contributed by atoms with Crippen molar-refractivity contribution in [1.29, 1.82) is 0 Å². The van der Waals surface area contributed by atoms with E-state index in [4.69, 9.17) is 0 Å². The topological polar surface area (TPSA) is 32.3 Å². The molecule has 17 heavy (non-hydrogen) atoms. The van der Waals surface area contributed by atoms with Gasteiger partial charge in [-0.2, -0.15) is 0 Å². The molecule has 3 nitrogen and oxygen atoms in total. The second-order valence-electron chi connectivity index (χ2n) is 6.12. The van der Waals surface area contributed by atoms with Crippen LogP contribution in [-0.4, -0.2) is 37.0 Å². The maximum Gasteiger partial charge on any atom is 0.236 e. The van der Waals surface area contributed by atoms with Gasteiger partial charge < -0.3 is 10.2 Å². The van der Waals surface area contributed by atoms with Gasteiger partial charge in [0.05, 0.1) is 6.54 Å². The third-order valence-electron chi connectivity index (χ3n) is 4.58. The molecule has 3 heteroatoms. The van der Waals surface area contributed by atoms with Crippen LogP contribution in [0.1, 0.15) is 46.0 Å². The van der Waals surface area contributed by atoms with Gasteiger partial charge in [0.2, 0.25) is 5.91 Å². The minimum atomic E-state index is 0.295. The van der Waals surface area contributed by atoms with Gasteiger partial charge in [-0.05, 0) is 43.6 Å². The minimum Gasteiger partial charge on any atom is -0.342 e. The van der Waals surface area contributed by atoms with Gasteiger partial charge in [-0.1, -0.05) is 20.3 Å². The van der Waals surface area contributed by atoms with E-state index in [1.165, 1.54) is 19.3 Å². The molecule has 0 radical (unpaired) electrons. The molecule has 1 N–H and O–H groups in total. The highest BCUT2D eigenvalue weighted by atomic mass is 16.2. The maximum atomic E-state index is 12.0. The number of nitrogens with one attached hydrogen (secondary N) is 1. The maximum absolute atomic E-state index is 12.0. The molecule has 2 aliphatic rings. The summed E-state index contributed by atoms with van der Waals surface area (Å²) < 4.78 is 0. The SMILES string of the molecule is CCC1(C)CCN(C(=O)CNCC2CC2)CC1. The van der Waals surface area contributed by atoms with Crippen molar-refractivity contribution in [2.45, 2.75) is 46.0 Å². The Hall–Kier alpha value is -0.570. The van der Waals surface area contributed by atoms with Gasteiger partial charge in [0.15, 0.2) is 0 Å². The van der Waals surface area contributed by atoms with Crippen LogP contribution in [-0.2, 0) is 4.79 Å². The minimum absolute atomic E-state index is 0.295. The molecular weight excluding hydrogens is 212 g/mol. The van der Waals surface area contributed by atoms with Crippen LogP contribution in [0.25, 0.3) is 0 Å². The first kappa shape index (κ1) is 12.9. The predicted octanol–water partition coefficient (Wildman–Crippen LogP) is 2.02. The van der Waals surface area contributed by atoms with E-state index in [0.717, 1.165) is 38.4 Å². The first-order chi connectivity index (χ1) is 8.13. The third-order valence-corrected chi connectivity index (χ3v) is 4.58. The van der Waals surface area contributed by atoms with Crippen LogP contribution in [0.3, 0.4) is 0 Å². The summed E-state index contributed by atoms with van der Waals surface area (Å²) in [6.07, 6.45) is 6.25. The standard InChI is InChI=1S/C14H26N2O/c1-3-14(2)6-8-16(9-7-14)13(17)11-15-10-12-4-5-12/h12,15H,3-11H2,1-2H3. The molecule has 1 amide bonds. The smallest absolute Gasteiger partial charge is 0.236 e. The van der Waals surface area contributed by atoms with E-state index >= 15 is 0 Å². The van der Waals surface area contributed by atoms with Crippen LogP contribution < -0.4 is 5.32 Å². The summed E-state index contributed by atoms with van der Waals surface area (Å²) >= 11 is 0. The normalized spacial score (nSPS) is 23.8. The monoisotopic (exact) mass is 238 g/mol. The van der Waals surface area contributed by atoms with Gasteiger partial charge in [-0.25, -0.2) is 0 Å². The number of piperidine rings is 1. The molecule has 1 saturated heterocycles. The van der Waals surface area contributed by atoms with Crippen LogP contribution in [0.2, 0.25) is 0 Å². The number of carbonyl (C=O) groups excluding carboxylic acids is 1. The van der Waals surface area contributed by atoms with Crippen molar-refractivity contribution in [3.05, 3.63) is 0 Å². The molecule has 0 aromatic heterocycles. The van der Waals surface area contributed by atoms with Gasteiger partial charge in [0.1, 0.15) is 0 Å². The van der Waals surface area contributed by atoms with E-state index in [-0.39, 0.29) is 0 Å². The quantitative estimate of drug-likeness (QED) is 0.795. The van der Waals surface area contributed by atoms with Gasteiger partial charge >= 0.3 is 0 Å². The summed E-state index contributed by atoms with van der Waals surface area (Å²) in [6.45, 7) is 8.09. The van der Waals surface area contributed by atoms with E-state index in [0.29, 0.717) is 17.9 Å². The highest BCUT2D eigenvalue weighted by Crippen LogP contribution is 2.33. The van der Waals surface area contributed by atoms with E-state index in [1.807, 2.05) is 4.90 Å². The number of hydrogen-bond acceptors (Lipinski definition) is 2. The van der Waals surface area contributed by atoms with Gasteiger partial charge in [0.25, 0.3) is 0 Å². The van der Waals surface area contributed by atoms with Gasteiger partial charge in [-0.3, -0.25) is 4.79 Å². The molecule has 0 spiro atoms. The lowest BCUT2D eigenvalue weighted by atomic mass is 9.78. The summed E-state index contributed by atoms with van der Waals surface area (Å²) in [7, 11) is 0. The zero-order chi connectivity index (χ0) is 12.3.